The summed E-state index contributed by atoms with van der Waals surface area (Å²) in [5, 5.41) is 12.6. The van der Waals surface area contributed by atoms with Crippen LogP contribution in [0.25, 0.3) is 0 Å². The van der Waals surface area contributed by atoms with Gasteiger partial charge in [0.15, 0.2) is 0 Å². The van der Waals surface area contributed by atoms with E-state index in [0.29, 0.717) is 11.4 Å². The predicted octanol–water partition coefficient (Wildman–Crippen LogP) is 3.32. The first-order valence-electron chi connectivity index (χ1n) is 5.75. The van der Waals surface area contributed by atoms with E-state index in [2.05, 4.69) is 10.1 Å². The van der Waals surface area contributed by atoms with Crippen LogP contribution in [-0.4, -0.2) is 18.0 Å². The number of rotatable bonds is 5. The van der Waals surface area contributed by atoms with Gasteiger partial charge in [-0.2, -0.15) is 0 Å². The number of ether oxygens (including phenoxy) is 1. The molecule has 0 aliphatic heterocycles. The van der Waals surface area contributed by atoms with E-state index in [9.17, 15) is 18.3 Å². The number of aliphatic hydroxyl groups excluding tert-OH is 1. The quantitative estimate of drug-likeness (QED) is 0.885. The van der Waals surface area contributed by atoms with Gasteiger partial charge in [0, 0.05) is 12.2 Å². The van der Waals surface area contributed by atoms with E-state index in [1.165, 1.54) is 30.5 Å². The van der Waals surface area contributed by atoms with E-state index in [1.807, 2.05) is 0 Å². The first kappa shape index (κ1) is 14.3. The molecule has 7 heteroatoms. The van der Waals surface area contributed by atoms with Crippen LogP contribution in [0, 0.1) is 0 Å². The zero-order chi connectivity index (χ0) is 14.6. The molecule has 0 aliphatic rings. The van der Waals surface area contributed by atoms with Crippen LogP contribution in [0.5, 0.6) is 5.75 Å². The first-order chi connectivity index (χ1) is 9.44. The summed E-state index contributed by atoms with van der Waals surface area (Å²) in [6.45, 7) is 0.174. The molecule has 4 nitrogen and oxygen atoms in total. The van der Waals surface area contributed by atoms with Gasteiger partial charge in [0.05, 0.1) is 6.26 Å². The highest BCUT2D eigenvalue weighted by Gasteiger charge is 2.30. The minimum atomic E-state index is -4.70. The molecular formula is C13H12F3NO3. The maximum Gasteiger partial charge on any atom is 0.573 e. The van der Waals surface area contributed by atoms with Crippen molar-refractivity contribution in [3.8, 4) is 5.75 Å². The van der Waals surface area contributed by atoms with E-state index in [0.717, 1.165) is 0 Å². The fourth-order valence-electron chi connectivity index (χ4n) is 1.57. The molecule has 2 aromatic rings. The van der Waals surface area contributed by atoms with Gasteiger partial charge in [0.1, 0.15) is 17.6 Å². The van der Waals surface area contributed by atoms with Crippen LogP contribution in [0.4, 0.5) is 18.9 Å². The third-order valence-electron chi connectivity index (χ3n) is 2.46. The molecule has 1 heterocycles. The molecule has 20 heavy (non-hydrogen) atoms. The van der Waals surface area contributed by atoms with Crippen molar-refractivity contribution in [2.75, 3.05) is 11.9 Å². The topological polar surface area (TPSA) is 54.6 Å². The smallest absolute Gasteiger partial charge is 0.467 e. The second kappa shape index (κ2) is 5.87. The number of aliphatic hydroxyl groups is 1. The Hall–Kier alpha value is -2.15. The van der Waals surface area contributed by atoms with Crippen molar-refractivity contribution >= 4 is 5.69 Å². The van der Waals surface area contributed by atoms with E-state index in [-0.39, 0.29) is 12.3 Å². The fourth-order valence-corrected chi connectivity index (χ4v) is 1.57. The number of nitrogens with one attached hydrogen (secondary N) is 1. The average Bonchev–Trinajstić information content (AvgIpc) is 2.89. The van der Waals surface area contributed by atoms with Gasteiger partial charge in [0.25, 0.3) is 0 Å². The molecule has 0 fully saturated rings. The van der Waals surface area contributed by atoms with Crippen molar-refractivity contribution in [1.29, 1.82) is 0 Å². The Morgan fingerprint density at radius 1 is 1.20 bits per heavy atom. The highest BCUT2D eigenvalue weighted by atomic mass is 19.4. The molecular weight excluding hydrogens is 275 g/mol. The number of anilines is 1. The van der Waals surface area contributed by atoms with Gasteiger partial charge in [-0.1, -0.05) is 0 Å². The molecule has 1 atom stereocenters. The summed E-state index contributed by atoms with van der Waals surface area (Å²) in [5.41, 5.74) is 0.560. The highest BCUT2D eigenvalue weighted by molar-refractivity contribution is 5.46. The van der Waals surface area contributed by atoms with Gasteiger partial charge in [-0.25, -0.2) is 0 Å². The number of halogens is 3. The normalized spacial score (nSPS) is 13.0. The van der Waals surface area contributed by atoms with Crippen molar-refractivity contribution in [2.24, 2.45) is 0 Å². The average molecular weight is 287 g/mol. The zero-order valence-electron chi connectivity index (χ0n) is 10.2. The van der Waals surface area contributed by atoms with Gasteiger partial charge in [0.2, 0.25) is 0 Å². The van der Waals surface area contributed by atoms with Crippen molar-refractivity contribution in [3.63, 3.8) is 0 Å². The van der Waals surface area contributed by atoms with E-state index >= 15 is 0 Å². The molecule has 2 N–H and O–H groups in total. The van der Waals surface area contributed by atoms with Crippen LogP contribution >= 0.6 is 0 Å². The lowest BCUT2D eigenvalue weighted by Crippen LogP contribution is -2.17. The van der Waals surface area contributed by atoms with Crippen molar-refractivity contribution < 1.29 is 27.4 Å². The van der Waals surface area contributed by atoms with Crippen molar-refractivity contribution in [3.05, 3.63) is 48.4 Å². The SMILES string of the molecule is OC(CNc1ccc(OC(F)(F)F)cc1)c1ccco1. The lowest BCUT2D eigenvalue weighted by atomic mass is 10.2. The molecule has 1 aromatic heterocycles. The molecule has 0 amide bonds. The van der Waals surface area contributed by atoms with Gasteiger partial charge in [-0.05, 0) is 36.4 Å². The Morgan fingerprint density at radius 2 is 1.90 bits per heavy atom. The van der Waals surface area contributed by atoms with Crippen LogP contribution < -0.4 is 10.1 Å². The Kier molecular flexibility index (Phi) is 4.19. The minimum absolute atomic E-state index is 0.174. The molecule has 0 spiro atoms. The molecule has 0 saturated heterocycles. The second-order valence-corrected chi connectivity index (χ2v) is 3.98. The summed E-state index contributed by atoms with van der Waals surface area (Å²) >= 11 is 0. The van der Waals surface area contributed by atoms with Gasteiger partial charge >= 0.3 is 6.36 Å². The van der Waals surface area contributed by atoms with Crippen LogP contribution in [-0.2, 0) is 0 Å². The van der Waals surface area contributed by atoms with E-state index < -0.39 is 12.5 Å². The number of hydrogen-bond donors (Lipinski definition) is 2. The van der Waals surface area contributed by atoms with Crippen LogP contribution in [0.2, 0.25) is 0 Å². The Balaban J connectivity index is 1.88. The third kappa shape index (κ3) is 4.20. The highest BCUT2D eigenvalue weighted by Crippen LogP contribution is 2.24. The molecule has 2 rings (SSSR count). The van der Waals surface area contributed by atoms with E-state index in [1.54, 1.807) is 12.1 Å². The molecule has 1 unspecified atom stereocenters. The number of benzene rings is 1. The monoisotopic (exact) mass is 287 g/mol. The first-order valence-corrected chi connectivity index (χ1v) is 5.75. The predicted molar refractivity (Wildman–Crippen MR) is 65.3 cm³/mol. The molecule has 108 valence electrons. The molecule has 0 saturated carbocycles. The zero-order valence-corrected chi connectivity index (χ0v) is 10.2. The van der Waals surface area contributed by atoms with Crippen LogP contribution in [0.15, 0.2) is 47.1 Å². The summed E-state index contributed by atoms with van der Waals surface area (Å²) in [5.74, 6) is 0.115. The largest absolute Gasteiger partial charge is 0.573 e. The molecule has 0 bridgehead atoms. The maximum absolute atomic E-state index is 12.0. The van der Waals surface area contributed by atoms with Gasteiger partial charge in [-0.15, -0.1) is 13.2 Å². The molecule has 1 aromatic carbocycles. The molecule has 0 aliphatic carbocycles. The summed E-state index contributed by atoms with van der Waals surface area (Å²) in [7, 11) is 0. The van der Waals surface area contributed by atoms with Crippen LogP contribution in [0.3, 0.4) is 0 Å². The Morgan fingerprint density at radius 3 is 2.45 bits per heavy atom. The Bertz CT molecular complexity index is 523. The second-order valence-electron chi connectivity index (χ2n) is 3.98. The lowest BCUT2D eigenvalue weighted by Gasteiger charge is -2.12. The maximum atomic E-state index is 12.0. The molecule has 0 radical (unpaired) electrons. The lowest BCUT2D eigenvalue weighted by molar-refractivity contribution is -0.274. The number of hydrogen-bond acceptors (Lipinski definition) is 4. The number of furan rings is 1. The van der Waals surface area contributed by atoms with Crippen LogP contribution in [0.1, 0.15) is 11.9 Å². The van der Waals surface area contributed by atoms with E-state index in [4.69, 9.17) is 4.42 Å². The van der Waals surface area contributed by atoms with Gasteiger partial charge < -0.3 is 19.6 Å². The fraction of sp³-hybridized carbons (Fsp3) is 0.231. The Labute approximate surface area is 112 Å². The van der Waals surface area contributed by atoms with Gasteiger partial charge in [-0.3, -0.25) is 0 Å². The number of alkyl halides is 3. The summed E-state index contributed by atoms with van der Waals surface area (Å²) in [6, 6.07) is 8.52. The third-order valence-corrected chi connectivity index (χ3v) is 2.46. The van der Waals surface area contributed by atoms with Crippen molar-refractivity contribution in [1.82, 2.24) is 0 Å². The minimum Gasteiger partial charge on any atom is -0.467 e. The summed E-state index contributed by atoms with van der Waals surface area (Å²) in [4.78, 5) is 0. The standard InChI is InChI=1S/C13H12F3NO3/c14-13(15,16)20-10-5-3-9(4-6-10)17-8-11(18)12-2-1-7-19-12/h1-7,11,17-18H,8H2. The van der Waals surface area contributed by atoms with Crippen molar-refractivity contribution in [2.45, 2.75) is 12.5 Å². The summed E-state index contributed by atoms with van der Waals surface area (Å²) in [6.07, 6.45) is -4.09. The summed E-state index contributed by atoms with van der Waals surface area (Å²) < 4.78 is 44.7.